The minimum atomic E-state index is -0.453. The third-order valence-electron chi connectivity index (χ3n) is 5.94. The van der Waals surface area contributed by atoms with Crippen molar-refractivity contribution in [1.82, 2.24) is 5.32 Å². The molecular weight excluding hydrogens is 431 g/mol. The Morgan fingerprint density at radius 2 is 1.76 bits per heavy atom. The Kier molecular flexibility index (Phi) is 7.70. The van der Waals surface area contributed by atoms with E-state index in [2.05, 4.69) is 5.32 Å². The van der Waals surface area contributed by atoms with Gasteiger partial charge in [0.25, 0.3) is 5.91 Å². The minimum Gasteiger partial charge on any atom is -0.376 e. The van der Waals surface area contributed by atoms with E-state index in [-0.39, 0.29) is 29.9 Å². The van der Waals surface area contributed by atoms with Crippen molar-refractivity contribution in [2.45, 2.75) is 38.8 Å². The van der Waals surface area contributed by atoms with Gasteiger partial charge in [-0.2, -0.15) is 0 Å². The van der Waals surface area contributed by atoms with Crippen LogP contribution < -0.4 is 10.2 Å². The molecule has 1 saturated heterocycles. The van der Waals surface area contributed by atoms with Crippen LogP contribution in [-0.2, 0) is 22.5 Å². The highest BCUT2D eigenvalue weighted by molar-refractivity contribution is 6.06. The fourth-order valence-electron chi connectivity index (χ4n) is 4.01. The molecule has 1 heterocycles. The largest absolute Gasteiger partial charge is 0.376 e. The highest BCUT2D eigenvalue weighted by Gasteiger charge is 2.20. The number of benzene rings is 3. The average Bonchev–Trinajstić information content (AvgIpc) is 3.36. The third kappa shape index (κ3) is 6.29. The van der Waals surface area contributed by atoms with E-state index in [0.29, 0.717) is 18.8 Å². The monoisotopic (exact) mass is 460 g/mol. The summed E-state index contributed by atoms with van der Waals surface area (Å²) in [7, 11) is 0. The first-order valence-corrected chi connectivity index (χ1v) is 11.6. The summed E-state index contributed by atoms with van der Waals surface area (Å²) in [5, 5.41) is 2.93. The molecule has 1 unspecified atom stereocenters. The number of carbonyl (C=O) groups is 2. The van der Waals surface area contributed by atoms with Crippen LogP contribution in [-0.4, -0.2) is 31.1 Å². The second-order valence-electron chi connectivity index (χ2n) is 8.67. The molecule has 0 radical (unpaired) electrons. The summed E-state index contributed by atoms with van der Waals surface area (Å²) >= 11 is 0. The van der Waals surface area contributed by atoms with Gasteiger partial charge in [-0.1, -0.05) is 48.0 Å². The van der Waals surface area contributed by atoms with E-state index < -0.39 is 5.82 Å². The Morgan fingerprint density at radius 3 is 2.44 bits per heavy atom. The van der Waals surface area contributed by atoms with Crippen molar-refractivity contribution in [2.75, 3.05) is 18.1 Å². The van der Waals surface area contributed by atoms with Gasteiger partial charge in [0.1, 0.15) is 5.82 Å². The summed E-state index contributed by atoms with van der Waals surface area (Å²) in [6.07, 6.45) is 2.37. The number of hydrogen-bond acceptors (Lipinski definition) is 3. The lowest BCUT2D eigenvalue weighted by molar-refractivity contribution is -0.120. The van der Waals surface area contributed by atoms with Crippen LogP contribution in [0.5, 0.6) is 0 Å². The van der Waals surface area contributed by atoms with Gasteiger partial charge in [-0.3, -0.25) is 9.59 Å². The second-order valence-corrected chi connectivity index (χ2v) is 8.67. The van der Waals surface area contributed by atoms with Crippen LogP contribution in [0.25, 0.3) is 0 Å². The Morgan fingerprint density at radius 1 is 1.03 bits per heavy atom. The second kappa shape index (κ2) is 11.1. The molecule has 34 heavy (non-hydrogen) atoms. The van der Waals surface area contributed by atoms with Gasteiger partial charge in [0.15, 0.2) is 0 Å². The van der Waals surface area contributed by atoms with Gasteiger partial charge in [0.2, 0.25) is 5.91 Å². The maximum atomic E-state index is 13.8. The van der Waals surface area contributed by atoms with E-state index in [1.54, 1.807) is 11.0 Å². The Labute approximate surface area is 199 Å². The first kappa shape index (κ1) is 23.6. The molecule has 5 nitrogen and oxygen atoms in total. The highest BCUT2D eigenvalue weighted by atomic mass is 19.1. The first-order valence-electron chi connectivity index (χ1n) is 11.6. The van der Waals surface area contributed by atoms with Crippen molar-refractivity contribution >= 4 is 17.5 Å². The predicted octanol–water partition coefficient (Wildman–Crippen LogP) is 4.82. The number of hydrogen-bond donors (Lipinski definition) is 1. The van der Waals surface area contributed by atoms with Crippen LogP contribution in [0.4, 0.5) is 10.1 Å². The number of carbonyl (C=O) groups excluding carboxylic acids is 2. The molecule has 4 rings (SSSR count). The van der Waals surface area contributed by atoms with Crippen LogP contribution in [0.3, 0.4) is 0 Å². The van der Waals surface area contributed by atoms with E-state index in [1.807, 2.05) is 55.5 Å². The lowest BCUT2D eigenvalue weighted by Gasteiger charge is -2.24. The molecular formula is C28H29FN2O3. The number of nitrogens with zero attached hydrogens (tertiary/aromatic N) is 1. The van der Waals surface area contributed by atoms with E-state index >= 15 is 0 Å². The van der Waals surface area contributed by atoms with Gasteiger partial charge in [-0.05, 0) is 61.2 Å². The molecule has 0 saturated carbocycles. The van der Waals surface area contributed by atoms with Crippen molar-refractivity contribution in [3.05, 3.63) is 101 Å². The van der Waals surface area contributed by atoms with Crippen LogP contribution in [0.15, 0.2) is 72.8 Å². The summed E-state index contributed by atoms with van der Waals surface area (Å²) in [5.74, 6) is -0.803. The Hall–Kier alpha value is -3.51. The van der Waals surface area contributed by atoms with E-state index in [4.69, 9.17) is 4.74 Å². The van der Waals surface area contributed by atoms with Gasteiger partial charge in [-0.15, -0.1) is 0 Å². The summed E-state index contributed by atoms with van der Waals surface area (Å²) in [6, 6.07) is 21.0. The minimum absolute atomic E-state index is 0.0596. The topological polar surface area (TPSA) is 58.6 Å². The lowest BCUT2D eigenvalue weighted by atomic mass is 10.1. The Bertz CT molecular complexity index is 1120. The number of amides is 2. The third-order valence-corrected chi connectivity index (χ3v) is 5.94. The molecule has 1 aliphatic rings. The van der Waals surface area contributed by atoms with Gasteiger partial charge in [0.05, 0.1) is 19.1 Å². The number of aryl methyl sites for hydroxylation is 1. The van der Waals surface area contributed by atoms with Crippen LogP contribution in [0.2, 0.25) is 0 Å². The summed E-state index contributed by atoms with van der Waals surface area (Å²) in [4.78, 5) is 27.3. The SMILES string of the molecule is Cc1ccc(CN(C(=O)c2cccc(F)c2)c2ccc(CC(=O)NCC3CCCO3)cc2)cc1. The van der Waals surface area contributed by atoms with Gasteiger partial charge in [0, 0.05) is 24.4 Å². The maximum absolute atomic E-state index is 13.8. The zero-order valence-corrected chi connectivity index (χ0v) is 19.3. The van der Waals surface area contributed by atoms with Crippen molar-refractivity contribution in [2.24, 2.45) is 0 Å². The average molecular weight is 461 g/mol. The molecule has 6 heteroatoms. The fraction of sp³-hybridized carbons (Fsp3) is 0.286. The zero-order valence-electron chi connectivity index (χ0n) is 19.3. The normalized spacial score (nSPS) is 15.2. The summed E-state index contributed by atoms with van der Waals surface area (Å²) < 4.78 is 19.3. The maximum Gasteiger partial charge on any atom is 0.258 e. The van der Waals surface area contributed by atoms with Crippen molar-refractivity contribution in [3.63, 3.8) is 0 Å². The molecule has 1 fully saturated rings. The van der Waals surface area contributed by atoms with E-state index in [1.165, 1.54) is 18.2 Å². The van der Waals surface area contributed by atoms with Crippen molar-refractivity contribution in [3.8, 4) is 0 Å². The molecule has 3 aromatic rings. The highest BCUT2D eigenvalue weighted by Crippen LogP contribution is 2.22. The molecule has 176 valence electrons. The first-order chi connectivity index (χ1) is 16.5. The number of anilines is 1. The molecule has 0 aromatic heterocycles. The quantitative estimate of drug-likeness (QED) is 0.524. The van der Waals surface area contributed by atoms with E-state index in [0.717, 1.165) is 36.1 Å². The number of ether oxygens (including phenoxy) is 1. The van der Waals surface area contributed by atoms with Crippen LogP contribution >= 0.6 is 0 Å². The van der Waals surface area contributed by atoms with Gasteiger partial charge >= 0.3 is 0 Å². The molecule has 3 aromatic carbocycles. The van der Waals surface area contributed by atoms with Gasteiger partial charge < -0.3 is 15.0 Å². The molecule has 0 bridgehead atoms. The molecule has 1 aliphatic heterocycles. The standard InChI is InChI=1S/C28H29FN2O3/c1-20-7-9-22(10-8-20)19-31(28(33)23-4-2-5-24(29)17-23)25-13-11-21(12-14-25)16-27(32)30-18-26-6-3-15-34-26/h2,4-5,7-14,17,26H,3,6,15-16,18-19H2,1H3,(H,30,32). The molecule has 0 aliphatic carbocycles. The predicted molar refractivity (Wildman–Crippen MR) is 130 cm³/mol. The van der Waals surface area contributed by atoms with Gasteiger partial charge in [-0.25, -0.2) is 4.39 Å². The zero-order chi connectivity index (χ0) is 23.9. The van der Waals surface area contributed by atoms with Crippen LogP contribution in [0.1, 0.15) is 39.9 Å². The van der Waals surface area contributed by atoms with E-state index in [9.17, 15) is 14.0 Å². The fourth-order valence-corrected chi connectivity index (χ4v) is 4.01. The molecule has 1 atom stereocenters. The number of nitrogens with one attached hydrogen (secondary N) is 1. The number of halogens is 1. The molecule has 1 N–H and O–H groups in total. The van der Waals surface area contributed by atoms with Crippen molar-refractivity contribution < 1.29 is 18.7 Å². The summed E-state index contributed by atoms with van der Waals surface area (Å²) in [6.45, 7) is 3.64. The number of rotatable bonds is 8. The smallest absolute Gasteiger partial charge is 0.258 e. The van der Waals surface area contributed by atoms with Crippen molar-refractivity contribution in [1.29, 1.82) is 0 Å². The summed E-state index contributed by atoms with van der Waals surface area (Å²) in [5.41, 5.74) is 3.91. The van der Waals surface area contributed by atoms with Crippen LogP contribution in [0, 0.1) is 12.7 Å². The molecule has 0 spiro atoms. The Balaban J connectivity index is 1.49. The lowest BCUT2D eigenvalue weighted by Crippen LogP contribution is -2.32. The molecule has 2 amide bonds.